The van der Waals surface area contributed by atoms with Crippen molar-refractivity contribution >= 4 is 16.3 Å². The molecular formula is C14H12F2N2S. The molecule has 3 aromatic rings. The van der Waals surface area contributed by atoms with Crippen LogP contribution in [-0.2, 0) is 0 Å². The molecule has 0 amide bonds. The van der Waals surface area contributed by atoms with E-state index in [9.17, 15) is 8.78 Å². The van der Waals surface area contributed by atoms with Gasteiger partial charge >= 0.3 is 0 Å². The summed E-state index contributed by atoms with van der Waals surface area (Å²) in [5, 5.41) is 0. The summed E-state index contributed by atoms with van der Waals surface area (Å²) in [7, 11) is 0. The molecule has 0 N–H and O–H groups in total. The van der Waals surface area contributed by atoms with E-state index in [1.807, 2.05) is 18.2 Å². The fourth-order valence-corrected chi connectivity index (χ4v) is 2.98. The maximum Gasteiger partial charge on any atom is 0.194 e. The average Bonchev–Trinajstić information content (AvgIpc) is 2.86. The number of fused-ring (bicyclic) bond motifs is 1. The lowest BCUT2D eigenvalue weighted by atomic mass is 10.1. The first-order valence-electron chi connectivity index (χ1n) is 5.88. The molecule has 0 atom stereocenters. The highest BCUT2D eigenvalue weighted by molar-refractivity contribution is 7.17. The number of nitrogens with zero attached hydrogens (tertiary/aromatic N) is 2. The standard InChI is InChI=1S/C14H12F2N2S/c1-7-4-12(16)10(5-11(7)15)13-6-18-8(2)9(3)19-14(18)17-13/h4-6H,1-3H3. The van der Waals surface area contributed by atoms with Gasteiger partial charge in [-0.25, -0.2) is 13.8 Å². The maximum atomic E-state index is 13.9. The van der Waals surface area contributed by atoms with Crippen LogP contribution < -0.4 is 0 Å². The Hall–Kier alpha value is -1.75. The zero-order valence-corrected chi connectivity index (χ0v) is 11.6. The minimum atomic E-state index is -0.445. The van der Waals surface area contributed by atoms with Gasteiger partial charge in [-0.2, -0.15) is 0 Å². The van der Waals surface area contributed by atoms with E-state index in [4.69, 9.17) is 0 Å². The van der Waals surface area contributed by atoms with Gasteiger partial charge in [-0.1, -0.05) is 0 Å². The number of aromatic nitrogens is 2. The van der Waals surface area contributed by atoms with Crippen LogP contribution in [0.4, 0.5) is 8.78 Å². The van der Waals surface area contributed by atoms with Gasteiger partial charge in [-0.05, 0) is 38.5 Å². The summed E-state index contributed by atoms with van der Waals surface area (Å²) in [6, 6.07) is 2.41. The van der Waals surface area contributed by atoms with Crippen LogP contribution in [0.25, 0.3) is 16.2 Å². The summed E-state index contributed by atoms with van der Waals surface area (Å²) in [5.41, 5.74) is 2.04. The summed E-state index contributed by atoms with van der Waals surface area (Å²) in [6.45, 7) is 5.54. The van der Waals surface area contributed by atoms with Crippen molar-refractivity contribution in [2.45, 2.75) is 20.8 Å². The van der Waals surface area contributed by atoms with Crippen molar-refractivity contribution in [2.24, 2.45) is 0 Å². The van der Waals surface area contributed by atoms with Crippen LogP contribution in [0.5, 0.6) is 0 Å². The Morgan fingerprint density at radius 2 is 1.84 bits per heavy atom. The van der Waals surface area contributed by atoms with Crippen LogP contribution in [0.15, 0.2) is 18.3 Å². The smallest absolute Gasteiger partial charge is 0.194 e. The Labute approximate surface area is 113 Å². The van der Waals surface area contributed by atoms with Crippen LogP contribution in [0.1, 0.15) is 16.1 Å². The van der Waals surface area contributed by atoms with Gasteiger partial charge in [-0.15, -0.1) is 11.3 Å². The number of hydrogen-bond acceptors (Lipinski definition) is 2. The van der Waals surface area contributed by atoms with Crippen molar-refractivity contribution in [1.82, 2.24) is 9.38 Å². The number of hydrogen-bond donors (Lipinski definition) is 0. The molecule has 0 bridgehead atoms. The van der Waals surface area contributed by atoms with Gasteiger partial charge < -0.3 is 0 Å². The Morgan fingerprint density at radius 1 is 1.11 bits per heavy atom. The van der Waals surface area contributed by atoms with E-state index >= 15 is 0 Å². The Kier molecular flexibility index (Phi) is 2.67. The topological polar surface area (TPSA) is 17.3 Å². The summed E-state index contributed by atoms with van der Waals surface area (Å²) in [5.74, 6) is -0.861. The number of halogens is 2. The Balaban J connectivity index is 2.22. The van der Waals surface area contributed by atoms with Gasteiger partial charge in [-0.3, -0.25) is 4.40 Å². The molecule has 1 aromatic carbocycles. The molecule has 0 saturated heterocycles. The van der Waals surface area contributed by atoms with Gasteiger partial charge in [0.1, 0.15) is 11.6 Å². The summed E-state index contributed by atoms with van der Waals surface area (Å²) in [6.07, 6.45) is 1.75. The minimum absolute atomic E-state index is 0.205. The first-order valence-corrected chi connectivity index (χ1v) is 6.70. The van der Waals surface area contributed by atoms with E-state index < -0.39 is 11.6 Å². The first kappa shape index (κ1) is 12.3. The average molecular weight is 278 g/mol. The van der Waals surface area contributed by atoms with Gasteiger partial charge in [0.15, 0.2) is 4.96 Å². The highest BCUT2D eigenvalue weighted by Crippen LogP contribution is 2.29. The number of benzene rings is 1. The lowest BCUT2D eigenvalue weighted by molar-refractivity contribution is 0.595. The monoisotopic (exact) mass is 278 g/mol. The molecule has 5 heteroatoms. The molecule has 0 saturated carbocycles. The van der Waals surface area contributed by atoms with Crippen molar-refractivity contribution < 1.29 is 8.78 Å². The molecule has 2 nitrogen and oxygen atoms in total. The van der Waals surface area contributed by atoms with Gasteiger partial charge in [0, 0.05) is 22.3 Å². The van der Waals surface area contributed by atoms with E-state index in [2.05, 4.69) is 4.98 Å². The quantitative estimate of drug-likeness (QED) is 0.650. The summed E-state index contributed by atoms with van der Waals surface area (Å²) in [4.78, 5) is 6.34. The van der Waals surface area contributed by atoms with Crippen molar-refractivity contribution in [3.63, 3.8) is 0 Å². The zero-order chi connectivity index (χ0) is 13.7. The predicted molar refractivity (Wildman–Crippen MR) is 72.6 cm³/mol. The van der Waals surface area contributed by atoms with Crippen LogP contribution >= 0.6 is 11.3 Å². The molecule has 0 aliphatic rings. The number of rotatable bonds is 1. The normalized spacial score (nSPS) is 11.4. The molecule has 0 spiro atoms. The third-order valence-corrected chi connectivity index (χ3v) is 4.39. The maximum absolute atomic E-state index is 13.9. The number of aryl methyl sites for hydroxylation is 3. The van der Waals surface area contributed by atoms with Crippen molar-refractivity contribution in [3.05, 3.63) is 46.1 Å². The van der Waals surface area contributed by atoms with Gasteiger partial charge in [0.25, 0.3) is 0 Å². The molecule has 3 rings (SSSR count). The SMILES string of the molecule is Cc1cc(F)c(-c2cn3c(C)c(C)sc3n2)cc1F. The van der Waals surface area contributed by atoms with E-state index in [1.54, 1.807) is 24.5 Å². The molecule has 19 heavy (non-hydrogen) atoms. The van der Waals surface area contributed by atoms with Crippen LogP contribution in [0.3, 0.4) is 0 Å². The number of imidazole rings is 1. The summed E-state index contributed by atoms with van der Waals surface area (Å²) < 4.78 is 29.4. The molecule has 2 aromatic heterocycles. The van der Waals surface area contributed by atoms with Crippen molar-refractivity contribution in [1.29, 1.82) is 0 Å². The zero-order valence-electron chi connectivity index (χ0n) is 10.8. The molecular weight excluding hydrogens is 266 g/mol. The minimum Gasteiger partial charge on any atom is -0.294 e. The second-order valence-electron chi connectivity index (χ2n) is 4.60. The highest BCUT2D eigenvalue weighted by atomic mass is 32.1. The van der Waals surface area contributed by atoms with Gasteiger partial charge in [0.05, 0.1) is 5.69 Å². The number of thiazole rings is 1. The third-order valence-electron chi connectivity index (χ3n) is 3.31. The predicted octanol–water partition coefficient (Wildman–Crippen LogP) is 4.27. The van der Waals surface area contributed by atoms with E-state index in [1.165, 1.54) is 17.0 Å². The van der Waals surface area contributed by atoms with Crippen LogP contribution in [0, 0.1) is 32.4 Å². The van der Waals surface area contributed by atoms with E-state index in [0.29, 0.717) is 11.3 Å². The molecule has 0 fully saturated rings. The highest BCUT2D eigenvalue weighted by Gasteiger charge is 2.15. The lowest BCUT2D eigenvalue weighted by Gasteiger charge is -2.02. The fourth-order valence-electron chi connectivity index (χ4n) is 2.03. The molecule has 2 heterocycles. The molecule has 0 radical (unpaired) electrons. The second-order valence-corrected chi connectivity index (χ2v) is 5.79. The Morgan fingerprint density at radius 3 is 2.53 bits per heavy atom. The lowest BCUT2D eigenvalue weighted by Crippen LogP contribution is -1.90. The van der Waals surface area contributed by atoms with Crippen molar-refractivity contribution in [3.8, 4) is 11.3 Å². The third kappa shape index (κ3) is 1.85. The fraction of sp³-hybridized carbons (Fsp3) is 0.214. The van der Waals surface area contributed by atoms with Crippen molar-refractivity contribution in [2.75, 3.05) is 0 Å². The van der Waals surface area contributed by atoms with Crippen LogP contribution in [0.2, 0.25) is 0 Å². The van der Waals surface area contributed by atoms with E-state index in [-0.39, 0.29) is 5.56 Å². The molecule has 0 unspecified atom stereocenters. The van der Waals surface area contributed by atoms with E-state index in [0.717, 1.165) is 10.7 Å². The molecule has 0 aliphatic carbocycles. The van der Waals surface area contributed by atoms with Gasteiger partial charge in [0.2, 0.25) is 0 Å². The second kappa shape index (κ2) is 4.13. The summed E-state index contributed by atoms with van der Waals surface area (Å²) >= 11 is 1.54. The largest absolute Gasteiger partial charge is 0.294 e. The molecule has 0 aliphatic heterocycles. The molecule has 98 valence electrons. The Bertz CT molecular complexity index is 786. The first-order chi connectivity index (χ1) is 8.97. The van der Waals surface area contributed by atoms with Crippen LogP contribution in [-0.4, -0.2) is 9.38 Å².